The van der Waals surface area contributed by atoms with Crippen LogP contribution in [0.25, 0.3) is 0 Å². The van der Waals surface area contributed by atoms with E-state index in [2.05, 4.69) is 33.8 Å². The number of hydrogen-bond donors (Lipinski definition) is 0. The van der Waals surface area contributed by atoms with Gasteiger partial charge in [0.25, 0.3) is 0 Å². The first-order chi connectivity index (χ1) is 10.9. The summed E-state index contributed by atoms with van der Waals surface area (Å²) >= 11 is 0. The third-order valence-corrected chi connectivity index (χ3v) is 4.64. The van der Waals surface area contributed by atoms with Crippen LogP contribution in [0.1, 0.15) is 81.9 Å². The van der Waals surface area contributed by atoms with Crippen LogP contribution in [0.4, 0.5) is 0 Å². The Balaban J connectivity index is 2.22. The smallest absolute Gasteiger partial charge is 0.313 e. The van der Waals surface area contributed by atoms with Crippen molar-refractivity contribution >= 4 is 5.97 Å². The molecule has 0 aromatic heterocycles. The molecule has 0 aliphatic rings. The molecule has 2 nitrogen and oxygen atoms in total. The summed E-state index contributed by atoms with van der Waals surface area (Å²) in [6.45, 7) is 11.2. The molecule has 2 heteroatoms. The second kappa shape index (κ2) is 10.5. The lowest BCUT2D eigenvalue weighted by Gasteiger charge is -2.15. The van der Waals surface area contributed by atoms with Crippen molar-refractivity contribution in [3.05, 3.63) is 34.9 Å². The fraction of sp³-hybridized carbons (Fsp3) is 0.667. The zero-order valence-corrected chi connectivity index (χ0v) is 15.7. The molecule has 0 N–H and O–H groups in total. The summed E-state index contributed by atoms with van der Waals surface area (Å²) in [6, 6.07) is 6.12. The SMILES string of the molecule is Cc1cccc(C(C)C(=O)OCCCCCCCC(C)C)c1C. The van der Waals surface area contributed by atoms with E-state index in [4.69, 9.17) is 4.74 Å². The lowest BCUT2D eigenvalue weighted by atomic mass is 9.94. The van der Waals surface area contributed by atoms with Crippen LogP contribution < -0.4 is 0 Å². The van der Waals surface area contributed by atoms with Crippen molar-refractivity contribution in [2.24, 2.45) is 5.92 Å². The highest BCUT2D eigenvalue weighted by Crippen LogP contribution is 2.23. The van der Waals surface area contributed by atoms with Crippen molar-refractivity contribution in [2.75, 3.05) is 6.61 Å². The summed E-state index contributed by atoms with van der Waals surface area (Å²) in [7, 11) is 0. The van der Waals surface area contributed by atoms with E-state index in [1.54, 1.807) is 0 Å². The molecule has 0 fully saturated rings. The van der Waals surface area contributed by atoms with Gasteiger partial charge in [-0.2, -0.15) is 0 Å². The van der Waals surface area contributed by atoms with Crippen LogP contribution in [0.3, 0.4) is 0 Å². The Labute approximate surface area is 142 Å². The van der Waals surface area contributed by atoms with Crippen molar-refractivity contribution < 1.29 is 9.53 Å². The Morgan fingerprint density at radius 3 is 2.35 bits per heavy atom. The first-order valence-corrected chi connectivity index (χ1v) is 9.16. The maximum atomic E-state index is 12.2. The maximum absolute atomic E-state index is 12.2. The molecule has 0 aliphatic heterocycles. The molecule has 0 radical (unpaired) electrons. The average molecular weight is 319 g/mol. The summed E-state index contributed by atoms with van der Waals surface area (Å²) in [5.74, 6) is 0.530. The first kappa shape index (κ1) is 19.7. The van der Waals surface area contributed by atoms with Gasteiger partial charge in [-0.05, 0) is 49.8 Å². The number of benzene rings is 1. The molecular formula is C21H34O2. The molecule has 1 aromatic rings. The first-order valence-electron chi connectivity index (χ1n) is 9.16. The minimum absolute atomic E-state index is 0.0986. The van der Waals surface area contributed by atoms with Gasteiger partial charge in [-0.3, -0.25) is 4.79 Å². The molecule has 1 unspecified atom stereocenters. The molecule has 130 valence electrons. The second-order valence-electron chi connectivity index (χ2n) is 7.13. The van der Waals surface area contributed by atoms with Crippen LogP contribution in [0.15, 0.2) is 18.2 Å². The lowest BCUT2D eigenvalue weighted by Crippen LogP contribution is -2.15. The molecule has 23 heavy (non-hydrogen) atoms. The van der Waals surface area contributed by atoms with Crippen LogP contribution in [0.2, 0.25) is 0 Å². The van der Waals surface area contributed by atoms with Gasteiger partial charge in [0.2, 0.25) is 0 Å². The van der Waals surface area contributed by atoms with Gasteiger partial charge in [0.15, 0.2) is 0 Å². The Bertz CT molecular complexity index is 477. The minimum atomic E-state index is -0.180. The van der Waals surface area contributed by atoms with E-state index in [1.165, 1.54) is 36.8 Å². The zero-order chi connectivity index (χ0) is 17.2. The van der Waals surface area contributed by atoms with Crippen LogP contribution >= 0.6 is 0 Å². The summed E-state index contributed by atoms with van der Waals surface area (Å²) < 4.78 is 5.46. The van der Waals surface area contributed by atoms with Crippen molar-refractivity contribution in [3.8, 4) is 0 Å². The van der Waals surface area contributed by atoms with E-state index in [0.717, 1.165) is 24.3 Å². The van der Waals surface area contributed by atoms with Gasteiger partial charge in [-0.15, -0.1) is 0 Å². The number of unbranched alkanes of at least 4 members (excludes halogenated alkanes) is 4. The predicted octanol–water partition coefficient (Wildman–Crippen LogP) is 5.95. The molecule has 0 spiro atoms. The van der Waals surface area contributed by atoms with Gasteiger partial charge >= 0.3 is 5.97 Å². The van der Waals surface area contributed by atoms with Crippen LogP contribution in [0, 0.1) is 19.8 Å². The largest absolute Gasteiger partial charge is 0.465 e. The monoisotopic (exact) mass is 318 g/mol. The second-order valence-corrected chi connectivity index (χ2v) is 7.13. The molecule has 0 amide bonds. The average Bonchev–Trinajstić information content (AvgIpc) is 2.51. The highest BCUT2D eigenvalue weighted by molar-refractivity contribution is 5.78. The number of carbonyl (C=O) groups is 1. The molecule has 0 bridgehead atoms. The summed E-state index contributed by atoms with van der Waals surface area (Å²) in [5, 5.41) is 0. The van der Waals surface area contributed by atoms with Crippen molar-refractivity contribution in [1.29, 1.82) is 0 Å². The van der Waals surface area contributed by atoms with Gasteiger partial charge < -0.3 is 4.74 Å². The third-order valence-electron chi connectivity index (χ3n) is 4.64. The van der Waals surface area contributed by atoms with Gasteiger partial charge in [0, 0.05) is 0 Å². The minimum Gasteiger partial charge on any atom is -0.465 e. The normalized spacial score (nSPS) is 12.4. The van der Waals surface area contributed by atoms with Crippen molar-refractivity contribution in [3.63, 3.8) is 0 Å². The number of carbonyl (C=O) groups excluding carboxylic acids is 1. The highest BCUT2D eigenvalue weighted by atomic mass is 16.5. The Morgan fingerprint density at radius 2 is 1.65 bits per heavy atom. The zero-order valence-electron chi connectivity index (χ0n) is 15.7. The van der Waals surface area contributed by atoms with Gasteiger partial charge in [0.05, 0.1) is 12.5 Å². The standard InChI is InChI=1S/C21H34O2/c1-16(2)12-9-7-6-8-10-15-23-21(22)19(5)20-14-11-13-17(3)18(20)4/h11,13-14,16,19H,6-10,12,15H2,1-5H3. The van der Waals surface area contributed by atoms with Crippen molar-refractivity contribution in [2.45, 2.75) is 79.1 Å². The molecule has 0 aliphatic carbocycles. The summed E-state index contributed by atoms with van der Waals surface area (Å²) in [6.07, 6.45) is 7.32. The Hall–Kier alpha value is -1.31. The van der Waals surface area contributed by atoms with E-state index in [-0.39, 0.29) is 11.9 Å². The van der Waals surface area contributed by atoms with E-state index < -0.39 is 0 Å². The fourth-order valence-corrected chi connectivity index (χ4v) is 2.85. The van der Waals surface area contributed by atoms with Gasteiger partial charge in [-0.1, -0.05) is 64.2 Å². The predicted molar refractivity (Wildman–Crippen MR) is 97.8 cm³/mol. The topological polar surface area (TPSA) is 26.3 Å². The lowest BCUT2D eigenvalue weighted by molar-refractivity contribution is -0.145. The van der Waals surface area contributed by atoms with E-state index in [0.29, 0.717) is 6.61 Å². The highest BCUT2D eigenvalue weighted by Gasteiger charge is 2.18. The molecule has 1 aromatic carbocycles. The Kier molecular flexibility index (Phi) is 8.98. The van der Waals surface area contributed by atoms with Crippen LogP contribution in [0.5, 0.6) is 0 Å². The summed E-state index contributed by atoms with van der Waals surface area (Å²) in [4.78, 5) is 12.2. The van der Waals surface area contributed by atoms with E-state index in [9.17, 15) is 4.79 Å². The Morgan fingerprint density at radius 1 is 1.00 bits per heavy atom. The van der Waals surface area contributed by atoms with Crippen molar-refractivity contribution in [1.82, 2.24) is 0 Å². The number of esters is 1. The third kappa shape index (κ3) is 7.20. The number of ether oxygens (including phenoxy) is 1. The van der Waals surface area contributed by atoms with E-state index >= 15 is 0 Å². The molecule has 0 heterocycles. The number of aryl methyl sites for hydroxylation is 1. The molecule has 1 atom stereocenters. The number of rotatable bonds is 10. The van der Waals surface area contributed by atoms with Gasteiger partial charge in [0.1, 0.15) is 0 Å². The quantitative estimate of drug-likeness (QED) is 0.394. The summed E-state index contributed by atoms with van der Waals surface area (Å²) in [5.41, 5.74) is 3.51. The van der Waals surface area contributed by atoms with Crippen LogP contribution in [-0.2, 0) is 9.53 Å². The fourth-order valence-electron chi connectivity index (χ4n) is 2.85. The molecule has 0 saturated carbocycles. The molecular weight excluding hydrogens is 284 g/mol. The van der Waals surface area contributed by atoms with Crippen LogP contribution in [-0.4, -0.2) is 12.6 Å². The van der Waals surface area contributed by atoms with E-state index in [1.807, 2.05) is 19.1 Å². The molecule has 0 saturated heterocycles. The maximum Gasteiger partial charge on any atom is 0.313 e. The van der Waals surface area contributed by atoms with Gasteiger partial charge in [-0.25, -0.2) is 0 Å². The molecule has 1 rings (SSSR count). The number of hydrogen-bond acceptors (Lipinski definition) is 2.